The summed E-state index contributed by atoms with van der Waals surface area (Å²) in [5.74, 6) is -0.101. The van der Waals surface area contributed by atoms with Crippen LogP contribution >= 0.6 is 34.5 Å². The predicted octanol–water partition coefficient (Wildman–Crippen LogP) is 5.12. The molecule has 1 amide bonds. The minimum absolute atomic E-state index is 0.101. The number of carbonyl (C=O) groups excluding carboxylic acids is 1. The molecule has 0 fully saturated rings. The van der Waals surface area contributed by atoms with E-state index in [9.17, 15) is 4.79 Å². The first kappa shape index (κ1) is 18.7. The molecule has 0 unspecified atom stereocenters. The Kier molecular flexibility index (Phi) is 5.81. The Hall–Kier alpha value is -2.08. The molecule has 3 rings (SSSR count). The second kappa shape index (κ2) is 8.08. The number of carbonyl (C=O) groups is 1. The largest absolute Gasteiger partial charge is 0.326 e. The maximum atomic E-state index is 12.3. The van der Waals surface area contributed by atoms with Crippen LogP contribution in [-0.4, -0.2) is 10.5 Å². The Bertz CT molecular complexity index is 1010. The summed E-state index contributed by atoms with van der Waals surface area (Å²) in [5, 5.41) is 6.12. The molecule has 0 saturated carbocycles. The average molecular weight is 406 g/mol. The van der Waals surface area contributed by atoms with Crippen LogP contribution in [0.25, 0.3) is 0 Å². The van der Waals surface area contributed by atoms with Gasteiger partial charge >= 0.3 is 0 Å². The zero-order chi connectivity index (χ0) is 18.7. The predicted molar refractivity (Wildman–Crippen MR) is 108 cm³/mol. The minimum Gasteiger partial charge on any atom is -0.326 e. The summed E-state index contributed by atoms with van der Waals surface area (Å²) in [6.07, 6.45) is 0.259. The number of hydrogen-bond donors (Lipinski definition) is 1. The lowest BCUT2D eigenvalue weighted by molar-refractivity contribution is -0.115. The zero-order valence-corrected chi connectivity index (χ0v) is 16.6. The van der Waals surface area contributed by atoms with Crippen molar-refractivity contribution in [3.05, 3.63) is 73.9 Å². The van der Waals surface area contributed by atoms with E-state index >= 15 is 0 Å². The topological polar surface area (TPSA) is 46.4 Å². The highest BCUT2D eigenvalue weighted by Gasteiger charge is 2.09. The smallest absolute Gasteiger partial charge is 0.230 e. The second-order valence-corrected chi connectivity index (χ2v) is 7.53. The van der Waals surface area contributed by atoms with Crippen molar-refractivity contribution in [1.82, 2.24) is 4.57 Å². The first-order chi connectivity index (χ1) is 12.4. The van der Waals surface area contributed by atoms with Gasteiger partial charge in [0.25, 0.3) is 0 Å². The van der Waals surface area contributed by atoms with Gasteiger partial charge in [0.05, 0.1) is 12.1 Å². The SMILES string of the molecule is Cc1ccc(NC(=O)Cc2csc(=Nc3ccc(Cl)cc3)n2C)cc1Cl. The van der Waals surface area contributed by atoms with Crippen LogP contribution in [0.1, 0.15) is 11.3 Å². The van der Waals surface area contributed by atoms with Crippen molar-refractivity contribution in [2.24, 2.45) is 12.0 Å². The molecule has 0 aliphatic carbocycles. The fourth-order valence-electron chi connectivity index (χ4n) is 2.33. The normalized spacial score (nSPS) is 11.6. The van der Waals surface area contributed by atoms with Crippen molar-refractivity contribution < 1.29 is 4.79 Å². The van der Waals surface area contributed by atoms with Crippen LogP contribution < -0.4 is 10.1 Å². The van der Waals surface area contributed by atoms with Crippen molar-refractivity contribution in [1.29, 1.82) is 0 Å². The molecule has 0 aliphatic rings. The van der Waals surface area contributed by atoms with Gasteiger partial charge in [-0.15, -0.1) is 11.3 Å². The van der Waals surface area contributed by atoms with Crippen LogP contribution in [-0.2, 0) is 18.3 Å². The van der Waals surface area contributed by atoms with Gasteiger partial charge in [0.1, 0.15) is 0 Å². The van der Waals surface area contributed by atoms with Crippen LogP contribution in [0, 0.1) is 6.92 Å². The highest BCUT2D eigenvalue weighted by Crippen LogP contribution is 2.20. The fraction of sp³-hybridized carbons (Fsp3) is 0.158. The molecule has 0 aliphatic heterocycles. The maximum absolute atomic E-state index is 12.3. The Morgan fingerprint density at radius 2 is 1.92 bits per heavy atom. The number of thiazole rings is 1. The van der Waals surface area contributed by atoms with E-state index < -0.39 is 0 Å². The van der Waals surface area contributed by atoms with Crippen molar-refractivity contribution in [2.45, 2.75) is 13.3 Å². The van der Waals surface area contributed by atoms with Crippen molar-refractivity contribution in [2.75, 3.05) is 5.32 Å². The second-order valence-electron chi connectivity index (χ2n) is 5.85. The maximum Gasteiger partial charge on any atom is 0.230 e. The average Bonchev–Trinajstić information content (AvgIpc) is 2.93. The van der Waals surface area contributed by atoms with E-state index in [-0.39, 0.29) is 12.3 Å². The molecule has 1 aromatic heterocycles. The zero-order valence-electron chi connectivity index (χ0n) is 14.3. The van der Waals surface area contributed by atoms with Gasteiger partial charge in [0.15, 0.2) is 4.80 Å². The van der Waals surface area contributed by atoms with Crippen LogP contribution in [0.5, 0.6) is 0 Å². The van der Waals surface area contributed by atoms with Crippen molar-refractivity contribution in [3.8, 4) is 0 Å². The lowest BCUT2D eigenvalue weighted by atomic mass is 10.2. The quantitative estimate of drug-likeness (QED) is 0.643. The number of rotatable bonds is 4. The molecule has 26 heavy (non-hydrogen) atoms. The molecule has 0 saturated heterocycles. The van der Waals surface area contributed by atoms with Gasteiger partial charge in [-0.2, -0.15) is 0 Å². The third-order valence-corrected chi connectivity index (χ3v) is 5.49. The van der Waals surface area contributed by atoms with Crippen LogP contribution in [0.15, 0.2) is 52.8 Å². The van der Waals surface area contributed by atoms with E-state index in [1.165, 1.54) is 11.3 Å². The summed E-state index contributed by atoms with van der Waals surface area (Å²) in [6.45, 7) is 1.92. The van der Waals surface area contributed by atoms with Crippen LogP contribution in [0.2, 0.25) is 10.0 Å². The van der Waals surface area contributed by atoms with Crippen molar-refractivity contribution >= 4 is 51.8 Å². The van der Waals surface area contributed by atoms with Gasteiger partial charge in [0.2, 0.25) is 5.91 Å². The molecular formula is C19H17Cl2N3OS. The molecule has 1 heterocycles. The number of halogens is 2. The number of aromatic nitrogens is 1. The monoisotopic (exact) mass is 405 g/mol. The van der Waals surface area contributed by atoms with E-state index in [2.05, 4.69) is 10.3 Å². The summed E-state index contributed by atoms with van der Waals surface area (Å²) >= 11 is 13.5. The van der Waals surface area contributed by atoms with Gasteiger partial charge in [-0.05, 0) is 48.9 Å². The Morgan fingerprint density at radius 1 is 1.19 bits per heavy atom. The van der Waals surface area contributed by atoms with E-state index in [0.717, 1.165) is 21.7 Å². The van der Waals surface area contributed by atoms with Crippen molar-refractivity contribution in [3.63, 3.8) is 0 Å². The number of aryl methyl sites for hydroxylation is 1. The van der Waals surface area contributed by atoms with E-state index in [1.807, 2.05) is 48.2 Å². The summed E-state index contributed by atoms with van der Waals surface area (Å²) < 4.78 is 1.92. The lowest BCUT2D eigenvalue weighted by Crippen LogP contribution is -2.19. The molecule has 4 nitrogen and oxygen atoms in total. The molecule has 134 valence electrons. The number of nitrogens with zero attached hydrogens (tertiary/aromatic N) is 2. The molecule has 7 heteroatoms. The van der Waals surface area contributed by atoms with Gasteiger partial charge < -0.3 is 9.88 Å². The summed E-state index contributed by atoms with van der Waals surface area (Å²) in [4.78, 5) is 17.7. The Labute approximate surface area is 165 Å². The first-order valence-corrected chi connectivity index (χ1v) is 9.55. The molecule has 0 radical (unpaired) electrons. The summed E-state index contributed by atoms with van der Waals surface area (Å²) in [6, 6.07) is 12.8. The fourth-order valence-corrected chi connectivity index (χ4v) is 3.55. The highest BCUT2D eigenvalue weighted by atomic mass is 35.5. The van der Waals surface area contributed by atoms with E-state index in [4.69, 9.17) is 23.2 Å². The molecule has 3 aromatic rings. The van der Waals surface area contributed by atoms with E-state index in [0.29, 0.717) is 15.7 Å². The molecule has 0 bridgehead atoms. The lowest BCUT2D eigenvalue weighted by Gasteiger charge is -2.07. The number of anilines is 1. The summed E-state index contributed by atoms with van der Waals surface area (Å²) in [7, 11) is 1.90. The number of nitrogens with one attached hydrogen (secondary N) is 1. The van der Waals surface area contributed by atoms with Crippen LogP contribution in [0.3, 0.4) is 0 Å². The molecule has 0 atom stereocenters. The van der Waals surface area contributed by atoms with Gasteiger partial charge in [-0.3, -0.25) is 4.79 Å². The van der Waals surface area contributed by atoms with Gasteiger partial charge in [-0.25, -0.2) is 4.99 Å². The Balaban J connectivity index is 1.74. The van der Waals surface area contributed by atoms with Gasteiger partial charge in [0, 0.05) is 33.9 Å². The number of amides is 1. The minimum atomic E-state index is -0.101. The number of hydrogen-bond acceptors (Lipinski definition) is 3. The third-order valence-electron chi connectivity index (χ3n) is 3.87. The third kappa shape index (κ3) is 4.55. The molecular weight excluding hydrogens is 389 g/mol. The van der Waals surface area contributed by atoms with E-state index in [1.54, 1.807) is 18.2 Å². The molecule has 2 aromatic carbocycles. The standard InChI is InChI=1S/C19H17Cl2N3OS/c1-12-3-6-15(9-17(12)21)22-18(25)10-16-11-26-19(24(16)2)23-14-7-4-13(20)5-8-14/h3-9,11H,10H2,1-2H3,(H,22,25). The Morgan fingerprint density at radius 3 is 2.62 bits per heavy atom. The number of benzene rings is 2. The first-order valence-electron chi connectivity index (χ1n) is 7.92. The van der Waals surface area contributed by atoms with Crippen LogP contribution in [0.4, 0.5) is 11.4 Å². The molecule has 1 N–H and O–H groups in total. The van der Waals surface area contributed by atoms with Gasteiger partial charge in [-0.1, -0.05) is 29.3 Å². The highest BCUT2D eigenvalue weighted by molar-refractivity contribution is 7.07. The summed E-state index contributed by atoms with van der Waals surface area (Å²) in [5.41, 5.74) is 3.37. The molecule has 0 spiro atoms.